The summed E-state index contributed by atoms with van der Waals surface area (Å²) in [4.78, 5) is 10.6. The molecular formula is C6H10O5. The Balaban J connectivity index is 2.64. The molecule has 0 aromatic heterocycles. The van der Waals surface area contributed by atoms with Crippen LogP contribution in [0.3, 0.4) is 0 Å². The second-order valence-corrected chi connectivity index (χ2v) is 2.45. The zero-order valence-electron chi connectivity index (χ0n) is 5.80. The monoisotopic (exact) mass is 162 g/mol. The minimum Gasteiger partial charge on any atom is -0.457 e. The van der Waals surface area contributed by atoms with Crippen molar-refractivity contribution in [2.75, 3.05) is 13.2 Å². The van der Waals surface area contributed by atoms with E-state index in [-0.39, 0.29) is 13.2 Å². The molecule has 1 rings (SSSR count). The maximum atomic E-state index is 10.6. The van der Waals surface area contributed by atoms with Gasteiger partial charge in [-0.2, -0.15) is 0 Å². The number of cyclic esters (lactones) is 1. The van der Waals surface area contributed by atoms with Crippen LogP contribution >= 0.6 is 0 Å². The van der Waals surface area contributed by atoms with Crippen molar-refractivity contribution in [3.8, 4) is 0 Å². The molecule has 5 nitrogen and oxygen atoms in total. The van der Waals surface area contributed by atoms with Crippen molar-refractivity contribution in [3.05, 3.63) is 0 Å². The Morgan fingerprint density at radius 1 is 1.36 bits per heavy atom. The highest BCUT2D eigenvalue weighted by molar-refractivity contribution is 5.77. The van der Waals surface area contributed by atoms with E-state index >= 15 is 0 Å². The lowest BCUT2D eigenvalue weighted by Crippen LogP contribution is -2.30. The summed E-state index contributed by atoms with van der Waals surface area (Å²) < 4.78 is 4.53. The largest absolute Gasteiger partial charge is 0.457 e. The van der Waals surface area contributed by atoms with Crippen LogP contribution in [0.5, 0.6) is 0 Å². The van der Waals surface area contributed by atoms with Crippen LogP contribution in [0.15, 0.2) is 0 Å². The van der Waals surface area contributed by atoms with Gasteiger partial charge in [0.25, 0.3) is 0 Å². The van der Waals surface area contributed by atoms with E-state index in [9.17, 15) is 4.79 Å². The van der Waals surface area contributed by atoms with Gasteiger partial charge in [0.2, 0.25) is 0 Å². The van der Waals surface area contributed by atoms with Crippen LogP contribution in [0, 0.1) is 5.92 Å². The van der Waals surface area contributed by atoms with Gasteiger partial charge in [0.15, 0.2) is 6.10 Å². The van der Waals surface area contributed by atoms with Crippen LogP contribution in [-0.2, 0) is 9.53 Å². The summed E-state index contributed by atoms with van der Waals surface area (Å²) in [5.74, 6) is -1.46. The maximum absolute atomic E-state index is 10.6. The van der Waals surface area contributed by atoms with Gasteiger partial charge in [-0.15, -0.1) is 0 Å². The lowest BCUT2D eigenvalue weighted by molar-refractivity contribution is -0.148. The molecule has 0 saturated carbocycles. The van der Waals surface area contributed by atoms with E-state index in [0.29, 0.717) is 0 Å². The van der Waals surface area contributed by atoms with Crippen LogP contribution in [0.4, 0.5) is 0 Å². The first-order valence-electron chi connectivity index (χ1n) is 3.31. The molecule has 0 amide bonds. The fraction of sp³-hybridized carbons (Fsp3) is 0.833. The normalized spacial score (nSPS) is 37.4. The smallest absolute Gasteiger partial charge is 0.335 e. The summed E-state index contributed by atoms with van der Waals surface area (Å²) in [6.07, 6.45) is -2.06. The number of aliphatic hydroxyl groups excluding tert-OH is 3. The van der Waals surface area contributed by atoms with Crippen LogP contribution in [0.1, 0.15) is 0 Å². The summed E-state index contributed by atoms with van der Waals surface area (Å²) in [6, 6.07) is 0. The number of rotatable bonds is 2. The standard InChI is InChI=1S/C6H10O5/c7-1-3-4(2-8)11-6(10)5(3)9/h3-5,7-9H,1-2H2/t3-,4-,5-/m1/s1. The molecule has 11 heavy (non-hydrogen) atoms. The molecule has 1 heterocycles. The van der Waals surface area contributed by atoms with E-state index in [1.54, 1.807) is 0 Å². The summed E-state index contributed by atoms with van der Waals surface area (Å²) >= 11 is 0. The third-order valence-electron chi connectivity index (χ3n) is 1.78. The van der Waals surface area contributed by atoms with E-state index in [1.165, 1.54) is 0 Å². The van der Waals surface area contributed by atoms with Gasteiger partial charge in [-0.3, -0.25) is 0 Å². The highest BCUT2D eigenvalue weighted by Gasteiger charge is 2.42. The van der Waals surface area contributed by atoms with Crippen molar-refractivity contribution in [1.29, 1.82) is 0 Å². The summed E-state index contributed by atoms with van der Waals surface area (Å²) in [5, 5.41) is 26.3. The van der Waals surface area contributed by atoms with Crippen molar-refractivity contribution < 1.29 is 24.9 Å². The molecule has 0 spiro atoms. The minimum atomic E-state index is -1.29. The van der Waals surface area contributed by atoms with E-state index in [0.717, 1.165) is 0 Å². The summed E-state index contributed by atoms with van der Waals surface area (Å²) in [5.41, 5.74) is 0. The second kappa shape index (κ2) is 3.17. The average molecular weight is 162 g/mol. The van der Waals surface area contributed by atoms with E-state index in [2.05, 4.69) is 4.74 Å². The Labute approximate surface area is 63.2 Å². The Morgan fingerprint density at radius 2 is 2.00 bits per heavy atom. The molecule has 0 aromatic carbocycles. The molecular weight excluding hydrogens is 152 g/mol. The maximum Gasteiger partial charge on any atom is 0.335 e. The average Bonchev–Trinajstić information content (AvgIpc) is 2.28. The molecule has 1 fully saturated rings. The zero-order chi connectivity index (χ0) is 8.43. The van der Waals surface area contributed by atoms with Crippen LogP contribution in [0.25, 0.3) is 0 Å². The number of hydrogen-bond donors (Lipinski definition) is 3. The molecule has 3 N–H and O–H groups in total. The molecule has 0 unspecified atom stereocenters. The molecule has 64 valence electrons. The van der Waals surface area contributed by atoms with E-state index in [4.69, 9.17) is 15.3 Å². The Morgan fingerprint density at radius 3 is 2.36 bits per heavy atom. The number of esters is 1. The number of ether oxygens (including phenoxy) is 1. The van der Waals surface area contributed by atoms with Crippen molar-refractivity contribution in [3.63, 3.8) is 0 Å². The molecule has 0 radical (unpaired) electrons. The predicted molar refractivity (Wildman–Crippen MR) is 33.5 cm³/mol. The van der Waals surface area contributed by atoms with Gasteiger partial charge in [-0.25, -0.2) is 4.79 Å². The van der Waals surface area contributed by atoms with Gasteiger partial charge in [0, 0.05) is 0 Å². The summed E-state index contributed by atoms with van der Waals surface area (Å²) in [7, 11) is 0. The number of carbonyl (C=O) groups is 1. The quantitative estimate of drug-likeness (QED) is 0.404. The van der Waals surface area contributed by atoms with Gasteiger partial charge in [0.1, 0.15) is 6.10 Å². The molecule has 3 atom stereocenters. The van der Waals surface area contributed by atoms with Gasteiger partial charge in [-0.05, 0) is 0 Å². The zero-order valence-corrected chi connectivity index (χ0v) is 5.80. The van der Waals surface area contributed by atoms with Crippen LogP contribution < -0.4 is 0 Å². The number of hydrogen-bond acceptors (Lipinski definition) is 5. The van der Waals surface area contributed by atoms with Crippen LogP contribution in [-0.4, -0.2) is 46.7 Å². The van der Waals surface area contributed by atoms with Gasteiger partial charge in [-0.1, -0.05) is 0 Å². The van der Waals surface area contributed by atoms with Crippen molar-refractivity contribution >= 4 is 5.97 Å². The SMILES string of the molecule is O=C1O[C@H](CO)[C@@H](CO)[C@H]1O. The van der Waals surface area contributed by atoms with Gasteiger partial charge < -0.3 is 20.1 Å². The van der Waals surface area contributed by atoms with Gasteiger partial charge in [0.05, 0.1) is 19.1 Å². The second-order valence-electron chi connectivity index (χ2n) is 2.45. The predicted octanol–water partition coefficient (Wildman–Crippen LogP) is -2.13. The lowest BCUT2D eigenvalue weighted by atomic mass is 10.0. The fourth-order valence-corrected chi connectivity index (χ4v) is 1.07. The highest BCUT2D eigenvalue weighted by atomic mass is 16.6. The van der Waals surface area contributed by atoms with Gasteiger partial charge >= 0.3 is 5.97 Å². The molecule has 1 aliphatic rings. The Kier molecular flexibility index (Phi) is 2.43. The summed E-state index contributed by atoms with van der Waals surface area (Å²) in [6.45, 7) is -0.730. The van der Waals surface area contributed by atoms with E-state index < -0.39 is 24.1 Å². The molecule has 1 saturated heterocycles. The molecule has 0 bridgehead atoms. The van der Waals surface area contributed by atoms with Crippen molar-refractivity contribution in [1.82, 2.24) is 0 Å². The Hall–Kier alpha value is -0.650. The lowest BCUT2D eigenvalue weighted by Gasteiger charge is -2.12. The van der Waals surface area contributed by atoms with E-state index in [1.807, 2.05) is 0 Å². The molecule has 5 heteroatoms. The Bertz CT molecular complexity index is 157. The molecule has 0 aliphatic carbocycles. The van der Waals surface area contributed by atoms with Crippen molar-refractivity contribution in [2.45, 2.75) is 12.2 Å². The van der Waals surface area contributed by atoms with Crippen molar-refractivity contribution in [2.24, 2.45) is 5.92 Å². The molecule has 0 aromatic rings. The van der Waals surface area contributed by atoms with Crippen LogP contribution in [0.2, 0.25) is 0 Å². The number of carbonyl (C=O) groups excluding carboxylic acids is 1. The highest BCUT2D eigenvalue weighted by Crippen LogP contribution is 2.21. The third kappa shape index (κ3) is 1.35. The first kappa shape index (κ1) is 8.45. The molecule has 1 aliphatic heterocycles. The topological polar surface area (TPSA) is 87.0 Å². The third-order valence-corrected chi connectivity index (χ3v) is 1.78. The minimum absolute atomic E-state index is 0.363. The first-order chi connectivity index (χ1) is 5.20. The number of aliphatic hydroxyl groups is 3. The first-order valence-corrected chi connectivity index (χ1v) is 3.31. The fourth-order valence-electron chi connectivity index (χ4n) is 1.07.